The van der Waals surface area contributed by atoms with E-state index in [1.165, 1.54) is 0 Å². The normalized spacial score (nSPS) is 16.2. The quantitative estimate of drug-likeness (QED) is 0.727. The monoisotopic (exact) mass is 378 g/mol. The van der Waals surface area contributed by atoms with Crippen LogP contribution in [0.15, 0.2) is 53.1 Å². The second-order valence-corrected chi connectivity index (χ2v) is 6.75. The Labute approximate surface area is 163 Å². The van der Waals surface area contributed by atoms with Gasteiger partial charge in [-0.1, -0.05) is 35.5 Å². The molecule has 1 aliphatic heterocycles. The molecule has 0 saturated carbocycles. The molecule has 1 saturated heterocycles. The molecule has 4 rings (SSSR count). The number of anilines is 1. The van der Waals surface area contributed by atoms with Gasteiger partial charge in [-0.05, 0) is 43.5 Å². The van der Waals surface area contributed by atoms with E-state index < -0.39 is 0 Å². The molecule has 1 aliphatic rings. The molecule has 0 bridgehead atoms. The number of nitrogens with zero attached hydrogens (tertiary/aromatic N) is 3. The Kier molecular flexibility index (Phi) is 4.97. The van der Waals surface area contributed by atoms with Crippen molar-refractivity contribution in [2.45, 2.75) is 25.8 Å². The van der Waals surface area contributed by atoms with Gasteiger partial charge in [0.2, 0.25) is 11.7 Å². The Bertz CT molecular complexity index is 985. The molecule has 3 aromatic rings. The van der Waals surface area contributed by atoms with Gasteiger partial charge < -0.3 is 19.5 Å². The molecule has 7 nitrogen and oxygen atoms in total. The summed E-state index contributed by atoms with van der Waals surface area (Å²) >= 11 is 0. The van der Waals surface area contributed by atoms with Gasteiger partial charge in [-0.25, -0.2) is 4.79 Å². The molecule has 7 heteroatoms. The fourth-order valence-corrected chi connectivity index (χ4v) is 3.48. The summed E-state index contributed by atoms with van der Waals surface area (Å²) in [7, 11) is 1.61. The number of carbonyl (C=O) groups is 1. The summed E-state index contributed by atoms with van der Waals surface area (Å²) in [6, 6.07) is 14.8. The van der Waals surface area contributed by atoms with Crippen molar-refractivity contribution in [3.05, 3.63) is 60.0 Å². The van der Waals surface area contributed by atoms with Crippen molar-refractivity contribution in [1.29, 1.82) is 0 Å². The minimum Gasteiger partial charge on any atom is -0.496 e. The molecule has 2 aromatic carbocycles. The van der Waals surface area contributed by atoms with Crippen LogP contribution in [0.1, 0.15) is 30.3 Å². The van der Waals surface area contributed by atoms with Gasteiger partial charge in [0.25, 0.3) is 0 Å². The van der Waals surface area contributed by atoms with Gasteiger partial charge in [0.15, 0.2) is 0 Å². The number of hydrogen-bond donors (Lipinski definition) is 1. The molecule has 1 fully saturated rings. The Morgan fingerprint density at radius 2 is 2.00 bits per heavy atom. The minimum absolute atomic E-state index is 0.158. The predicted molar refractivity (Wildman–Crippen MR) is 105 cm³/mol. The van der Waals surface area contributed by atoms with Crippen LogP contribution in [0.3, 0.4) is 0 Å². The van der Waals surface area contributed by atoms with E-state index in [1.54, 1.807) is 12.0 Å². The van der Waals surface area contributed by atoms with Crippen molar-refractivity contribution in [2.24, 2.45) is 0 Å². The van der Waals surface area contributed by atoms with Gasteiger partial charge in [-0.2, -0.15) is 4.98 Å². The molecule has 0 spiro atoms. The molecule has 1 N–H and O–H groups in total. The van der Waals surface area contributed by atoms with E-state index >= 15 is 0 Å². The summed E-state index contributed by atoms with van der Waals surface area (Å²) in [4.78, 5) is 19.1. The van der Waals surface area contributed by atoms with E-state index in [4.69, 9.17) is 9.26 Å². The molecular formula is C21H22N4O3. The molecule has 2 amide bonds. The van der Waals surface area contributed by atoms with Gasteiger partial charge in [0, 0.05) is 12.2 Å². The van der Waals surface area contributed by atoms with Crippen molar-refractivity contribution in [1.82, 2.24) is 15.0 Å². The van der Waals surface area contributed by atoms with Crippen LogP contribution in [0.5, 0.6) is 5.75 Å². The lowest BCUT2D eigenvalue weighted by Gasteiger charge is -2.22. The fourth-order valence-electron chi connectivity index (χ4n) is 3.48. The number of ether oxygens (including phenoxy) is 1. The zero-order chi connectivity index (χ0) is 19.5. The molecule has 0 aliphatic carbocycles. The van der Waals surface area contributed by atoms with E-state index in [1.807, 2.05) is 55.5 Å². The Morgan fingerprint density at radius 1 is 1.21 bits per heavy atom. The Morgan fingerprint density at radius 3 is 2.82 bits per heavy atom. The first-order valence-electron chi connectivity index (χ1n) is 9.27. The highest BCUT2D eigenvalue weighted by Gasteiger charge is 2.34. The number of rotatable bonds is 4. The lowest BCUT2D eigenvalue weighted by molar-refractivity contribution is 0.193. The highest BCUT2D eigenvalue weighted by Crippen LogP contribution is 2.34. The van der Waals surface area contributed by atoms with Crippen molar-refractivity contribution in [2.75, 3.05) is 19.0 Å². The highest BCUT2D eigenvalue weighted by atomic mass is 16.5. The van der Waals surface area contributed by atoms with Crippen molar-refractivity contribution in [3.8, 4) is 17.1 Å². The van der Waals surface area contributed by atoms with E-state index in [-0.39, 0.29) is 12.1 Å². The van der Waals surface area contributed by atoms with Gasteiger partial charge in [-0.15, -0.1) is 0 Å². The molecule has 1 atom stereocenters. The van der Waals surface area contributed by atoms with Gasteiger partial charge in [0.1, 0.15) is 11.8 Å². The molecule has 0 unspecified atom stereocenters. The SMILES string of the molecule is COc1ccccc1-c1noc([C@@H]2CCCN2C(=O)Nc2ccccc2C)n1. The molecule has 0 radical (unpaired) electrons. The van der Waals surface area contributed by atoms with Crippen LogP contribution in [0, 0.1) is 6.92 Å². The highest BCUT2D eigenvalue weighted by molar-refractivity contribution is 5.90. The average Bonchev–Trinajstić information content (AvgIpc) is 3.39. The number of nitrogens with one attached hydrogen (secondary N) is 1. The summed E-state index contributed by atoms with van der Waals surface area (Å²) in [5, 5.41) is 7.09. The molecule has 2 heterocycles. The standard InChI is InChI=1S/C21H22N4O3/c1-14-8-3-5-10-16(14)22-21(26)25-13-7-11-17(25)20-23-19(24-28-20)15-9-4-6-12-18(15)27-2/h3-6,8-10,12,17H,7,11,13H2,1-2H3,(H,22,26)/t17-/m0/s1. The zero-order valence-corrected chi connectivity index (χ0v) is 15.9. The van der Waals surface area contributed by atoms with Crippen molar-refractivity contribution < 1.29 is 14.1 Å². The maximum absolute atomic E-state index is 12.8. The van der Waals surface area contributed by atoms with E-state index in [0.717, 1.165) is 29.7 Å². The third kappa shape index (κ3) is 3.43. The number of aromatic nitrogens is 2. The summed E-state index contributed by atoms with van der Waals surface area (Å²) in [5.41, 5.74) is 2.58. The van der Waals surface area contributed by atoms with Crippen LogP contribution in [-0.2, 0) is 0 Å². The fraction of sp³-hybridized carbons (Fsp3) is 0.286. The number of aryl methyl sites for hydroxylation is 1. The largest absolute Gasteiger partial charge is 0.496 e. The number of likely N-dealkylation sites (tertiary alicyclic amines) is 1. The van der Waals surface area contributed by atoms with Crippen LogP contribution in [0.25, 0.3) is 11.4 Å². The van der Waals surface area contributed by atoms with Crippen molar-refractivity contribution in [3.63, 3.8) is 0 Å². The first kappa shape index (κ1) is 18.0. The summed E-state index contributed by atoms with van der Waals surface area (Å²) in [6.45, 7) is 2.61. The predicted octanol–water partition coefficient (Wildman–Crippen LogP) is 4.42. The van der Waals surface area contributed by atoms with E-state index in [0.29, 0.717) is 24.0 Å². The van der Waals surface area contributed by atoms with Crippen LogP contribution < -0.4 is 10.1 Å². The van der Waals surface area contributed by atoms with Gasteiger partial charge in [0.05, 0.1) is 12.7 Å². The van der Waals surface area contributed by atoms with Crippen LogP contribution >= 0.6 is 0 Å². The smallest absolute Gasteiger partial charge is 0.322 e. The number of methoxy groups -OCH3 is 1. The van der Waals surface area contributed by atoms with Crippen LogP contribution in [0.4, 0.5) is 10.5 Å². The number of para-hydroxylation sites is 2. The zero-order valence-electron chi connectivity index (χ0n) is 15.9. The third-order valence-corrected chi connectivity index (χ3v) is 4.98. The minimum atomic E-state index is -0.236. The second kappa shape index (κ2) is 7.72. The van der Waals surface area contributed by atoms with Crippen molar-refractivity contribution >= 4 is 11.7 Å². The third-order valence-electron chi connectivity index (χ3n) is 4.98. The number of amides is 2. The molecule has 1 aromatic heterocycles. The lowest BCUT2D eigenvalue weighted by atomic mass is 10.2. The molecule has 28 heavy (non-hydrogen) atoms. The summed E-state index contributed by atoms with van der Waals surface area (Å²) < 4.78 is 10.9. The maximum atomic E-state index is 12.8. The van der Waals surface area contributed by atoms with Gasteiger partial charge in [-0.3, -0.25) is 0 Å². The lowest BCUT2D eigenvalue weighted by Crippen LogP contribution is -2.34. The number of urea groups is 1. The first-order valence-corrected chi connectivity index (χ1v) is 9.27. The Balaban J connectivity index is 1.55. The topological polar surface area (TPSA) is 80.5 Å². The molecule has 144 valence electrons. The Hall–Kier alpha value is -3.35. The first-order chi connectivity index (χ1) is 13.7. The van der Waals surface area contributed by atoms with Crippen LogP contribution in [-0.4, -0.2) is 34.7 Å². The van der Waals surface area contributed by atoms with E-state index in [2.05, 4.69) is 15.5 Å². The summed E-state index contributed by atoms with van der Waals surface area (Å²) in [5.74, 6) is 1.58. The van der Waals surface area contributed by atoms with E-state index in [9.17, 15) is 4.79 Å². The average molecular weight is 378 g/mol. The molecular weight excluding hydrogens is 356 g/mol. The number of benzene rings is 2. The number of hydrogen-bond acceptors (Lipinski definition) is 5. The second-order valence-electron chi connectivity index (χ2n) is 6.75. The number of carbonyl (C=O) groups excluding carboxylic acids is 1. The van der Waals surface area contributed by atoms with Gasteiger partial charge >= 0.3 is 6.03 Å². The maximum Gasteiger partial charge on any atom is 0.322 e. The summed E-state index contributed by atoms with van der Waals surface area (Å²) in [6.07, 6.45) is 1.67. The van der Waals surface area contributed by atoms with Crippen LogP contribution in [0.2, 0.25) is 0 Å².